The zero-order valence-corrected chi connectivity index (χ0v) is 15.6. The van der Waals surface area contributed by atoms with Crippen molar-refractivity contribution in [2.45, 2.75) is 42.9 Å². The predicted molar refractivity (Wildman–Crippen MR) is 99.9 cm³/mol. The number of aryl methyl sites for hydroxylation is 1. The lowest BCUT2D eigenvalue weighted by atomic mass is 9.94. The Morgan fingerprint density at radius 1 is 1.32 bits per heavy atom. The van der Waals surface area contributed by atoms with Gasteiger partial charge in [-0.3, -0.25) is 4.79 Å². The van der Waals surface area contributed by atoms with Crippen LogP contribution in [0.25, 0.3) is 0 Å². The summed E-state index contributed by atoms with van der Waals surface area (Å²) >= 11 is 1.53. The van der Waals surface area contributed by atoms with E-state index in [1.807, 2.05) is 49.1 Å². The van der Waals surface area contributed by atoms with Crippen LogP contribution in [0.4, 0.5) is 0 Å². The van der Waals surface area contributed by atoms with E-state index in [9.17, 15) is 4.79 Å². The van der Waals surface area contributed by atoms with Gasteiger partial charge in [0.15, 0.2) is 0 Å². The van der Waals surface area contributed by atoms with E-state index >= 15 is 0 Å². The van der Waals surface area contributed by atoms with E-state index in [-0.39, 0.29) is 5.91 Å². The molecule has 0 aliphatic heterocycles. The van der Waals surface area contributed by atoms with Crippen molar-refractivity contribution in [2.24, 2.45) is 5.92 Å². The third-order valence-corrected chi connectivity index (χ3v) is 5.68. The molecule has 0 radical (unpaired) electrons. The van der Waals surface area contributed by atoms with Gasteiger partial charge in [-0.25, -0.2) is 0 Å². The Kier molecular flexibility index (Phi) is 5.97. The van der Waals surface area contributed by atoms with Crippen LogP contribution in [-0.4, -0.2) is 29.1 Å². The van der Waals surface area contributed by atoms with Gasteiger partial charge in [0.1, 0.15) is 0 Å². The van der Waals surface area contributed by atoms with Crippen molar-refractivity contribution in [3.8, 4) is 0 Å². The van der Waals surface area contributed by atoms with Crippen LogP contribution in [0.5, 0.6) is 0 Å². The van der Waals surface area contributed by atoms with E-state index in [2.05, 4.69) is 17.3 Å². The second-order valence-corrected chi connectivity index (χ2v) is 7.42. The molecule has 25 heavy (non-hydrogen) atoms. The first kappa shape index (κ1) is 17.8. The lowest BCUT2D eigenvalue weighted by molar-refractivity contribution is 0.0687. The number of amides is 1. The van der Waals surface area contributed by atoms with Crippen molar-refractivity contribution in [2.75, 3.05) is 13.1 Å². The Bertz CT molecular complexity index is 739. The predicted octanol–water partition coefficient (Wildman–Crippen LogP) is 4.95. The van der Waals surface area contributed by atoms with Gasteiger partial charge in [0.05, 0.1) is 10.6 Å². The van der Waals surface area contributed by atoms with Gasteiger partial charge in [-0.15, -0.1) is 0 Å². The van der Waals surface area contributed by atoms with Gasteiger partial charge in [0.2, 0.25) is 5.76 Å². The van der Waals surface area contributed by atoms with E-state index < -0.39 is 0 Å². The Morgan fingerprint density at radius 2 is 2.12 bits per heavy atom. The molecule has 5 heteroatoms. The number of carbonyl (C=O) groups excluding carboxylic acids is 1. The zero-order chi connectivity index (χ0) is 17.6. The van der Waals surface area contributed by atoms with Crippen LogP contribution in [0.3, 0.4) is 0 Å². The molecule has 1 aromatic carbocycles. The summed E-state index contributed by atoms with van der Waals surface area (Å²) in [6.45, 7) is 5.35. The molecule has 132 valence electrons. The molecule has 1 heterocycles. The Morgan fingerprint density at radius 3 is 2.80 bits per heavy atom. The molecule has 1 amide bonds. The first-order valence-electron chi connectivity index (χ1n) is 8.82. The Balaban J connectivity index is 1.77. The molecule has 0 N–H and O–H groups in total. The average Bonchev–Trinajstić information content (AvgIpc) is 3.01. The van der Waals surface area contributed by atoms with Crippen LogP contribution in [0.1, 0.15) is 42.4 Å². The lowest BCUT2D eigenvalue weighted by Crippen LogP contribution is -2.35. The number of hydrogen-bond acceptors (Lipinski definition) is 4. The number of aromatic nitrogens is 1. The molecule has 1 aromatic heterocycles. The van der Waals surface area contributed by atoms with E-state index in [0.717, 1.165) is 41.3 Å². The summed E-state index contributed by atoms with van der Waals surface area (Å²) in [7, 11) is 0. The molecule has 3 rings (SSSR count). The Labute approximate surface area is 153 Å². The molecule has 0 saturated carbocycles. The molecule has 0 unspecified atom stereocenters. The fourth-order valence-corrected chi connectivity index (χ4v) is 3.99. The van der Waals surface area contributed by atoms with Gasteiger partial charge < -0.3 is 9.42 Å². The summed E-state index contributed by atoms with van der Waals surface area (Å²) in [4.78, 5) is 16.8. The maximum Gasteiger partial charge on any atom is 0.293 e. The number of carbonyl (C=O) groups is 1. The molecule has 2 aromatic rings. The monoisotopic (exact) mass is 356 g/mol. The third-order valence-electron chi connectivity index (χ3n) is 4.49. The summed E-state index contributed by atoms with van der Waals surface area (Å²) in [6.07, 6.45) is 7.74. The highest BCUT2D eigenvalue weighted by atomic mass is 32.2. The van der Waals surface area contributed by atoms with Gasteiger partial charge >= 0.3 is 0 Å². The van der Waals surface area contributed by atoms with Crippen LogP contribution in [0, 0.1) is 12.8 Å². The Hall–Kier alpha value is -2.01. The lowest BCUT2D eigenvalue weighted by Gasteiger charge is -2.26. The summed E-state index contributed by atoms with van der Waals surface area (Å²) in [5.41, 5.74) is 0.758. The van der Waals surface area contributed by atoms with Gasteiger partial charge in [-0.05, 0) is 51.2 Å². The molecule has 1 aliphatic carbocycles. The molecule has 4 nitrogen and oxygen atoms in total. The fourth-order valence-electron chi connectivity index (χ4n) is 3.06. The molecule has 1 aliphatic rings. The number of hydrogen-bond donors (Lipinski definition) is 0. The standard InChI is InChI=1S/C20H24N2O2S/c1-3-22(14-16-10-6-4-7-11-16)20(23)18-19(15(2)21-24-18)25-17-12-8-5-9-13-17/h4-6,8-9,12-13,16H,3,7,10-11,14H2,1-2H3/t16-/m0/s1. The highest BCUT2D eigenvalue weighted by Crippen LogP contribution is 2.34. The summed E-state index contributed by atoms with van der Waals surface area (Å²) in [6, 6.07) is 10.0. The van der Waals surface area contributed by atoms with E-state index in [4.69, 9.17) is 4.52 Å². The third kappa shape index (κ3) is 4.34. The largest absolute Gasteiger partial charge is 0.349 e. The van der Waals surface area contributed by atoms with E-state index in [0.29, 0.717) is 18.2 Å². The van der Waals surface area contributed by atoms with Crippen molar-refractivity contribution >= 4 is 17.7 Å². The van der Waals surface area contributed by atoms with Crippen LogP contribution >= 0.6 is 11.8 Å². The zero-order valence-electron chi connectivity index (χ0n) is 14.8. The van der Waals surface area contributed by atoms with E-state index in [1.54, 1.807) is 0 Å². The molecule has 0 spiro atoms. The van der Waals surface area contributed by atoms with Gasteiger partial charge in [-0.2, -0.15) is 0 Å². The topological polar surface area (TPSA) is 46.3 Å². The number of benzene rings is 1. The first-order chi connectivity index (χ1) is 12.2. The van der Waals surface area contributed by atoms with Crippen molar-refractivity contribution in [1.29, 1.82) is 0 Å². The minimum absolute atomic E-state index is 0.0592. The summed E-state index contributed by atoms with van der Waals surface area (Å²) < 4.78 is 5.43. The highest BCUT2D eigenvalue weighted by molar-refractivity contribution is 7.99. The summed E-state index contributed by atoms with van der Waals surface area (Å²) in [5, 5.41) is 4.04. The van der Waals surface area contributed by atoms with Crippen LogP contribution < -0.4 is 0 Å². The quantitative estimate of drug-likeness (QED) is 0.687. The van der Waals surface area contributed by atoms with Crippen molar-refractivity contribution in [3.05, 3.63) is 53.9 Å². The number of allylic oxidation sites excluding steroid dienone is 2. The summed E-state index contributed by atoms with van der Waals surface area (Å²) in [5.74, 6) is 0.832. The smallest absolute Gasteiger partial charge is 0.293 e. The van der Waals surface area contributed by atoms with Crippen molar-refractivity contribution in [3.63, 3.8) is 0 Å². The van der Waals surface area contributed by atoms with Crippen LogP contribution in [-0.2, 0) is 0 Å². The molecular weight excluding hydrogens is 332 g/mol. The normalized spacial score (nSPS) is 16.8. The second-order valence-electron chi connectivity index (χ2n) is 6.34. The fraction of sp³-hybridized carbons (Fsp3) is 0.400. The maximum absolute atomic E-state index is 13.0. The van der Waals surface area contributed by atoms with E-state index in [1.165, 1.54) is 11.8 Å². The second kappa shape index (κ2) is 8.39. The molecular formula is C20H24N2O2S. The van der Waals surface area contributed by atoms with Gasteiger partial charge in [-0.1, -0.05) is 47.3 Å². The van der Waals surface area contributed by atoms with Gasteiger partial charge in [0, 0.05) is 18.0 Å². The number of nitrogens with zero attached hydrogens (tertiary/aromatic N) is 2. The number of rotatable bonds is 6. The highest BCUT2D eigenvalue weighted by Gasteiger charge is 2.27. The first-order valence-corrected chi connectivity index (χ1v) is 9.64. The minimum atomic E-state index is -0.0592. The van der Waals surface area contributed by atoms with Crippen molar-refractivity contribution < 1.29 is 9.32 Å². The van der Waals surface area contributed by atoms with Crippen molar-refractivity contribution in [1.82, 2.24) is 10.1 Å². The van der Waals surface area contributed by atoms with Crippen LogP contribution in [0.15, 0.2) is 56.8 Å². The molecule has 0 bridgehead atoms. The van der Waals surface area contributed by atoms with Gasteiger partial charge in [0.25, 0.3) is 5.91 Å². The SMILES string of the molecule is CCN(C[C@H]1CC=CCC1)C(=O)c1onc(C)c1Sc1ccccc1. The average molecular weight is 356 g/mol. The molecule has 0 saturated heterocycles. The minimum Gasteiger partial charge on any atom is -0.349 e. The van der Waals surface area contributed by atoms with Crippen LogP contribution in [0.2, 0.25) is 0 Å². The molecule has 1 atom stereocenters. The maximum atomic E-state index is 13.0. The molecule has 0 fully saturated rings.